The maximum atomic E-state index is 10.6. The molecule has 1 heterocycles. The highest BCUT2D eigenvalue weighted by molar-refractivity contribution is 7.51. The van der Waals surface area contributed by atoms with E-state index in [0.29, 0.717) is 5.92 Å². The molecule has 0 bridgehead atoms. The molecule has 3 rings (SSSR count). The summed E-state index contributed by atoms with van der Waals surface area (Å²) in [5.74, 6) is 0.673. The van der Waals surface area contributed by atoms with E-state index in [1.54, 1.807) is 0 Å². The third kappa shape index (κ3) is 4.56. The largest absolute Gasteiger partial charge is 0.389 e. The maximum absolute atomic E-state index is 10.6. The predicted molar refractivity (Wildman–Crippen MR) is 103 cm³/mol. The summed E-state index contributed by atoms with van der Waals surface area (Å²) >= 11 is -0.750. The third-order valence-corrected chi connectivity index (χ3v) is 5.19. The van der Waals surface area contributed by atoms with Crippen molar-refractivity contribution < 1.29 is 13.5 Å². The first-order valence-electron chi connectivity index (χ1n) is 8.78. The number of rotatable bonds is 2. The van der Waals surface area contributed by atoms with Crippen molar-refractivity contribution in [3.05, 3.63) is 59.4 Å². The smallest absolute Gasteiger partial charge is 0.335 e. The zero-order valence-corrected chi connectivity index (χ0v) is 16.4. The lowest BCUT2D eigenvalue weighted by molar-refractivity contribution is 0.126. The van der Waals surface area contributed by atoms with Gasteiger partial charge >= 0.3 is 11.6 Å². The molecule has 1 aliphatic carbocycles. The minimum absolute atomic E-state index is 0.167. The number of benzene rings is 1. The van der Waals surface area contributed by atoms with Crippen molar-refractivity contribution in [1.29, 1.82) is 0 Å². The van der Waals surface area contributed by atoms with Crippen LogP contribution in [0.1, 0.15) is 43.3 Å². The van der Waals surface area contributed by atoms with Crippen molar-refractivity contribution in [3.63, 3.8) is 0 Å². The number of hydrogen-bond acceptors (Lipinski definition) is 4. The summed E-state index contributed by atoms with van der Waals surface area (Å²) in [6, 6.07) is 12.7. The second kappa shape index (κ2) is 9.05. The lowest BCUT2D eigenvalue weighted by Gasteiger charge is -2.25. The van der Waals surface area contributed by atoms with Crippen LogP contribution in [0.3, 0.4) is 0 Å². The Morgan fingerprint density at radius 3 is 2.31 bits per heavy atom. The zero-order valence-electron chi connectivity index (χ0n) is 15.6. The number of allylic oxidation sites excluding steroid dienone is 1. The van der Waals surface area contributed by atoms with Gasteiger partial charge in [0.15, 0.2) is 0 Å². The number of aryl methyl sites for hydroxylation is 2. The summed E-state index contributed by atoms with van der Waals surface area (Å²) in [6.07, 6.45) is 2.62. The van der Waals surface area contributed by atoms with Crippen LogP contribution in [0.15, 0.2) is 42.5 Å². The Bertz CT molecular complexity index is 795. The lowest BCUT2D eigenvalue weighted by Crippen LogP contribution is -2.21. The van der Waals surface area contributed by atoms with E-state index in [1.165, 1.54) is 16.8 Å². The summed E-state index contributed by atoms with van der Waals surface area (Å²) < 4.78 is 18.7. The molecule has 1 aromatic heterocycles. The molecule has 140 valence electrons. The van der Waals surface area contributed by atoms with E-state index >= 15 is 0 Å². The summed E-state index contributed by atoms with van der Waals surface area (Å²) in [6.45, 7) is 8.51. The van der Waals surface area contributed by atoms with E-state index in [1.807, 2.05) is 19.1 Å². The first-order valence-corrected chi connectivity index (χ1v) is 9.45. The van der Waals surface area contributed by atoms with Crippen molar-refractivity contribution in [3.8, 4) is 0 Å². The standard InChI is InChI=1S/C20H26N2O.O2S/c1-13-10-19(22-15(3)11-14(2)21-22)18(12-20(23)16(13)4)17-8-6-5-7-9-17;1-3-2/h5-9,11-13,16,19-20,23H,10H2,1-4H3;/t13-,16+,19?,20-;/m0./s1. The second-order valence-corrected chi connectivity index (χ2v) is 7.14. The van der Waals surface area contributed by atoms with Crippen LogP contribution < -0.4 is 0 Å². The third-order valence-electron chi connectivity index (χ3n) is 5.19. The number of hydrogen-bond donors (Lipinski definition) is 1. The topological polar surface area (TPSA) is 72.2 Å². The first kappa shape index (κ1) is 20.3. The van der Waals surface area contributed by atoms with Crippen LogP contribution in [0.5, 0.6) is 0 Å². The van der Waals surface area contributed by atoms with E-state index < -0.39 is 17.7 Å². The van der Waals surface area contributed by atoms with Crippen molar-refractivity contribution >= 4 is 17.1 Å². The Hall–Kier alpha value is -2.05. The second-order valence-electron chi connectivity index (χ2n) is 7.01. The molecular weight excluding hydrogens is 348 g/mol. The Balaban J connectivity index is 0.000000758. The number of aliphatic hydroxyl groups is 1. The molecule has 0 saturated heterocycles. The SMILES string of the molecule is Cc1cc(C)n(C2C[C@H](C)[C@@H](C)[C@@H](O)C=C2c2ccccc2)n1.O=S=O. The van der Waals surface area contributed by atoms with E-state index in [0.717, 1.165) is 12.1 Å². The average Bonchev–Trinajstić information content (AvgIpc) is 2.91. The highest BCUT2D eigenvalue weighted by Crippen LogP contribution is 2.40. The minimum Gasteiger partial charge on any atom is -0.389 e. The molecule has 0 radical (unpaired) electrons. The molecule has 4 atom stereocenters. The van der Waals surface area contributed by atoms with Gasteiger partial charge in [-0.25, -0.2) is 0 Å². The minimum atomic E-state index is -0.750. The molecule has 0 aliphatic heterocycles. The molecule has 0 amide bonds. The van der Waals surface area contributed by atoms with Crippen LogP contribution in [0, 0.1) is 25.7 Å². The molecule has 1 unspecified atom stereocenters. The Morgan fingerprint density at radius 2 is 1.77 bits per heavy atom. The number of aliphatic hydroxyl groups excluding tert-OH is 1. The van der Waals surface area contributed by atoms with Gasteiger partial charge in [-0.3, -0.25) is 4.68 Å². The Morgan fingerprint density at radius 1 is 1.15 bits per heavy atom. The molecule has 0 fully saturated rings. The molecule has 1 aromatic carbocycles. The maximum Gasteiger partial charge on any atom is 0.335 e. The van der Waals surface area contributed by atoms with Gasteiger partial charge in [0.2, 0.25) is 0 Å². The van der Waals surface area contributed by atoms with Crippen LogP contribution in [-0.4, -0.2) is 29.4 Å². The average molecular weight is 375 g/mol. The molecule has 0 spiro atoms. The van der Waals surface area contributed by atoms with Crippen molar-refractivity contribution in [2.75, 3.05) is 0 Å². The fraction of sp³-hybridized carbons (Fsp3) is 0.450. The highest BCUT2D eigenvalue weighted by atomic mass is 32.1. The normalized spacial score (nSPS) is 25.5. The summed E-state index contributed by atoms with van der Waals surface area (Å²) in [5.41, 5.74) is 4.57. The van der Waals surface area contributed by atoms with Crippen LogP contribution in [0.25, 0.3) is 5.57 Å². The molecule has 2 aromatic rings. The predicted octanol–water partition coefficient (Wildman–Crippen LogP) is 3.49. The van der Waals surface area contributed by atoms with Gasteiger partial charge in [0, 0.05) is 5.69 Å². The van der Waals surface area contributed by atoms with Gasteiger partial charge in [0.05, 0.1) is 17.8 Å². The van der Waals surface area contributed by atoms with E-state index in [-0.39, 0.29) is 12.0 Å². The summed E-state index contributed by atoms with van der Waals surface area (Å²) in [7, 11) is 0. The molecule has 6 heteroatoms. The fourth-order valence-corrected chi connectivity index (χ4v) is 3.59. The van der Waals surface area contributed by atoms with Crippen LogP contribution >= 0.6 is 0 Å². The van der Waals surface area contributed by atoms with E-state index in [2.05, 4.69) is 55.8 Å². The molecule has 1 aliphatic rings. The van der Waals surface area contributed by atoms with Gasteiger partial charge in [0.1, 0.15) is 0 Å². The van der Waals surface area contributed by atoms with Gasteiger partial charge in [-0.1, -0.05) is 44.2 Å². The van der Waals surface area contributed by atoms with Gasteiger partial charge in [-0.15, -0.1) is 0 Å². The molecular formula is C20H26N2O3S. The van der Waals surface area contributed by atoms with Crippen LogP contribution in [0.2, 0.25) is 0 Å². The van der Waals surface area contributed by atoms with Crippen molar-refractivity contribution in [2.45, 2.75) is 46.3 Å². The Kier molecular flexibility index (Phi) is 7.06. The summed E-state index contributed by atoms with van der Waals surface area (Å²) in [5, 5.41) is 15.3. The zero-order chi connectivity index (χ0) is 19.3. The fourth-order valence-electron chi connectivity index (χ4n) is 3.59. The highest BCUT2D eigenvalue weighted by Gasteiger charge is 2.31. The van der Waals surface area contributed by atoms with Crippen LogP contribution in [0.4, 0.5) is 0 Å². The van der Waals surface area contributed by atoms with Gasteiger partial charge < -0.3 is 5.11 Å². The van der Waals surface area contributed by atoms with Crippen molar-refractivity contribution in [2.24, 2.45) is 11.8 Å². The molecule has 26 heavy (non-hydrogen) atoms. The monoisotopic (exact) mass is 374 g/mol. The van der Waals surface area contributed by atoms with E-state index in [9.17, 15) is 5.11 Å². The quantitative estimate of drug-likeness (QED) is 0.873. The Labute approximate surface area is 158 Å². The lowest BCUT2D eigenvalue weighted by atomic mass is 9.88. The number of aromatic nitrogens is 2. The van der Waals surface area contributed by atoms with E-state index in [4.69, 9.17) is 13.5 Å². The molecule has 1 N–H and O–H groups in total. The van der Waals surface area contributed by atoms with Crippen LogP contribution in [-0.2, 0) is 11.6 Å². The van der Waals surface area contributed by atoms with Gasteiger partial charge in [-0.2, -0.15) is 13.5 Å². The molecule has 0 saturated carbocycles. The van der Waals surface area contributed by atoms with Gasteiger partial charge in [0.25, 0.3) is 0 Å². The number of nitrogens with zero attached hydrogens (tertiary/aromatic N) is 2. The first-order chi connectivity index (χ1) is 12.4. The summed E-state index contributed by atoms with van der Waals surface area (Å²) in [4.78, 5) is 0. The van der Waals surface area contributed by atoms with Crippen molar-refractivity contribution in [1.82, 2.24) is 9.78 Å². The van der Waals surface area contributed by atoms with Gasteiger partial charge in [-0.05, 0) is 55.4 Å². The molecule has 5 nitrogen and oxygen atoms in total.